The van der Waals surface area contributed by atoms with Crippen molar-refractivity contribution < 1.29 is 64.3 Å². The minimum atomic E-state index is -5.00. The van der Waals surface area contributed by atoms with Gasteiger partial charge in [0.2, 0.25) is 0 Å². The van der Waals surface area contributed by atoms with Gasteiger partial charge in [0.05, 0.1) is 0 Å². The summed E-state index contributed by atoms with van der Waals surface area (Å²) in [4.78, 5) is 0. The molecule has 0 fully saturated rings. The summed E-state index contributed by atoms with van der Waals surface area (Å²) in [5.41, 5.74) is 11.3. The number of nitrogen functional groups attached to an aromatic ring is 1. The van der Waals surface area contributed by atoms with Crippen LogP contribution in [0.5, 0.6) is 0 Å². The van der Waals surface area contributed by atoms with Crippen molar-refractivity contribution in [2.24, 2.45) is 5.73 Å². The third-order valence-corrected chi connectivity index (χ3v) is 2.18. The number of benzene rings is 1. The predicted molar refractivity (Wildman–Crippen MR) is 52.2 cm³/mol. The summed E-state index contributed by atoms with van der Waals surface area (Å²) in [5, 5.41) is 0. The van der Waals surface area contributed by atoms with Crippen LogP contribution in [0.4, 0.5) is 18.6 Å². The molecule has 0 aliphatic rings. The minimum Gasteiger partial charge on any atom is -0.445 e. The molecule has 1 rings (SSSR count). The minimum absolute atomic E-state index is 0. The molecule has 0 bridgehead atoms. The number of nitrogens with two attached hydrogens (primary N) is 2. The van der Waals surface area contributed by atoms with Crippen LogP contribution in [0.25, 0.3) is 0 Å². The smallest absolute Gasteiger partial charge is 0.445 e. The van der Waals surface area contributed by atoms with Crippen molar-refractivity contribution in [3.63, 3.8) is 0 Å². The molecule has 0 saturated carbocycles. The molecule has 0 unspecified atom stereocenters. The molecule has 0 amide bonds. The number of halogens is 3. The standard InChI is InChI=1S/C8H11BF3N2.K/c1-5-6(4-13)2-7(3-8(5)14)9(10,11)12;/h2-3H,4,13-14H2,1H3;/q-1;+1. The van der Waals surface area contributed by atoms with E-state index in [1.54, 1.807) is 6.92 Å². The van der Waals surface area contributed by atoms with Crippen molar-refractivity contribution in [2.45, 2.75) is 13.5 Å². The molecule has 78 valence electrons. The van der Waals surface area contributed by atoms with E-state index in [-0.39, 0.29) is 63.6 Å². The average molecular weight is 242 g/mol. The maximum Gasteiger partial charge on any atom is 1.00 e. The fraction of sp³-hybridized carbons (Fsp3) is 0.250. The van der Waals surface area contributed by atoms with Crippen LogP contribution in [0, 0.1) is 6.92 Å². The summed E-state index contributed by atoms with van der Waals surface area (Å²) >= 11 is 0. The van der Waals surface area contributed by atoms with E-state index in [1.807, 2.05) is 0 Å². The van der Waals surface area contributed by atoms with Crippen molar-refractivity contribution in [2.75, 3.05) is 5.73 Å². The molecule has 0 aliphatic heterocycles. The molecular formula is C8H11BF3KN2. The second kappa shape index (κ2) is 5.70. The Balaban J connectivity index is 0.00000196. The summed E-state index contributed by atoms with van der Waals surface area (Å²) in [6, 6.07) is 2.01. The maximum absolute atomic E-state index is 12.4. The first-order chi connectivity index (χ1) is 6.36. The second-order valence-electron chi connectivity index (χ2n) is 3.17. The molecule has 2 nitrogen and oxygen atoms in total. The number of hydrogen-bond acceptors (Lipinski definition) is 2. The van der Waals surface area contributed by atoms with Gasteiger partial charge in [0.1, 0.15) is 0 Å². The normalized spacial score (nSPS) is 11.0. The van der Waals surface area contributed by atoms with Crippen molar-refractivity contribution in [3.05, 3.63) is 23.3 Å². The third-order valence-electron chi connectivity index (χ3n) is 2.18. The molecule has 0 heterocycles. The Morgan fingerprint density at radius 2 is 1.80 bits per heavy atom. The zero-order valence-corrected chi connectivity index (χ0v) is 11.9. The van der Waals surface area contributed by atoms with Gasteiger partial charge in [-0.3, -0.25) is 0 Å². The molecule has 15 heavy (non-hydrogen) atoms. The summed E-state index contributed by atoms with van der Waals surface area (Å²) < 4.78 is 37.1. The van der Waals surface area contributed by atoms with Crippen molar-refractivity contribution in [1.82, 2.24) is 0 Å². The molecule has 0 aliphatic carbocycles. The van der Waals surface area contributed by atoms with Crippen LogP contribution >= 0.6 is 0 Å². The van der Waals surface area contributed by atoms with Gasteiger partial charge in [0.15, 0.2) is 0 Å². The molecule has 0 atom stereocenters. The molecule has 0 spiro atoms. The summed E-state index contributed by atoms with van der Waals surface area (Å²) in [7, 11) is 0. The van der Waals surface area contributed by atoms with Gasteiger partial charge in [-0.15, -0.1) is 5.46 Å². The number of rotatable bonds is 2. The van der Waals surface area contributed by atoms with E-state index >= 15 is 0 Å². The fourth-order valence-corrected chi connectivity index (χ4v) is 1.23. The Morgan fingerprint density at radius 1 is 1.27 bits per heavy atom. The van der Waals surface area contributed by atoms with E-state index in [0.717, 1.165) is 12.1 Å². The van der Waals surface area contributed by atoms with Crippen LogP contribution in [-0.4, -0.2) is 6.98 Å². The van der Waals surface area contributed by atoms with Crippen LogP contribution in [0.3, 0.4) is 0 Å². The van der Waals surface area contributed by atoms with E-state index < -0.39 is 12.4 Å². The Bertz CT molecular complexity index is 354. The van der Waals surface area contributed by atoms with Gasteiger partial charge < -0.3 is 24.4 Å². The Morgan fingerprint density at radius 3 is 2.20 bits per heavy atom. The number of anilines is 1. The van der Waals surface area contributed by atoms with Gasteiger partial charge in [-0.2, -0.15) is 0 Å². The predicted octanol–water partition coefficient (Wildman–Crippen LogP) is -1.91. The summed E-state index contributed by atoms with van der Waals surface area (Å²) in [6.07, 6.45) is 0. The Hall–Kier alpha value is 0.471. The van der Waals surface area contributed by atoms with E-state index in [2.05, 4.69) is 0 Å². The van der Waals surface area contributed by atoms with Crippen molar-refractivity contribution in [3.8, 4) is 0 Å². The topological polar surface area (TPSA) is 52.0 Å². The van der Waals surface area contributed by atoms with Gasteiger partial charge in [-0.25, -0.2) is 0 Å². The van der Waals surface area contributed by atoms with Crippen molar-refractivity contribution in [1.29, 1.82) is 0 Å². The zero-order valence-electron chi connectivity index (χ0n) is 8.73. The SMILES string of the molecule is Cc1c(N)cc([B-](F)(F)F)cc1CN.[K+]. The van der Waals surface area contributed by atoms with Crippen LogP contribution < -0.4 is 68.3 Å². The first kappa shape index (κ1) is 15.5. The van der Waals surface area contributed by atoms with Gasteiger partial charge in [-0.05, 0) is 18.1 Å². The molecule has 7 heteroatoms. The van der Waals surface area contributed by atoms with Gasteiger partial charge in [0.25, 0.3) is 0 Å². The van der Waals surface area contributed by atoms with Crippen LogP contribution in [0.2, 0.25) is 0 Å². The molecule has 1 aromatic carbocycles. The quantitative estimate of drug-likeness (QED) is 0.470. The van der Waals surface area contributed by atoms with E-state index in [1.165, 1.54) is 0 Å². The van der Waals surface area contributed by atoms with Crippen LogP contribution in [0.15, 0.2) is 12.1 Å². The Labute approximate surface area is 129 Å². The zero-order chi connectivity index (χ0) is 10.9. The molecule has 0 aromatic heterocycles. The van der Waals surface area contributed by atoms with Crippen LogP contribution in [-0.2, 0) is 6.54 Å². The number of hydrogen-bond donors (Lipinski definition) is 2. The fourth-order valence-electron chi connectivity index (χ4n) is 1.23. The summed E-state index contributed by atoms with van der Waals surface area (Å²) in [6.45, 7) is -3.28. The first-order valence-corrected chi connectivity index (χ1v) is 4.15. The molecular weight excluding hydrogens is 231 g/mol. The van der Waals surface area contributed by atoms with Gasteiger partial charge >= 0.3 is 58.4 Å². The molecule has 0 saturated heterocycles. The monoisotopic (exact) mass is 242 g/mol. The molecule has 0 radical (unpaired) electrons. The third kappa shape index (κ3) is 3.76. The first-order valence-electron chi connectivity index (χ1n) is 4.15. The van der Waals surface area contributed by atoms with Crippen LogP contribution in [0.1, 0.15) is 11.1 Å². The molecule has 4 N–H and O–H groups in total. The van der Waals surface area contributed by atoms with E-state index in [0.29, 0.717) is 11.1 Å². The Kier molecular flexibility index (Phi) is 5.88. The van der Waals surface area contributed by atoms with Gasteiger partial charge in [-0.1, -0.05) is 12.1 Å². The summed E-state index contributed by atoms with van der Waals surface area (Å²) in [5.74, 6) is 0. The van der Waals surface area contributed by atoms with Gasteiger partial charge in [0, 0.05) is 12.2 Å². The van der Waals surface area contributed by atoms with E-state index in [4.69, 9.17) is 11.5 Å². The van der Waals surface area contributed by atoms with Crippen molar-refractivity contribution >= 4 is 18.1 Å². The molecule has 1 aromatic rings. The average Bonchev–Trinajstić information content (AvgIpc) is 2.07. The largest absolute Gasteiger partial charge is 1.00 e. The second-order valence-corrected chi connectivity index (χ2v) is 3.17. The van der Waals surface area contributed by atoms with E-state index in [9.17, 15) is 12.9 Å². The maximum atomic E-state index is 12.4.